The van der Waals surface area contributed by atoms with E-state index in [0.717, 1.165) is 28.7 Å². The fourth-order valence-electron chi connectivity index (χ4n) is 3.54. The monoisotopic (exact) mass is 284 g/mol. The molecule has 0 unspecified atom stereocenters. The molecule has 2 aliphatic heterocycles. The van der Waals surface area contributed by atoms with Gasteiger partial charge in [-0.1, -0.05) is 16.9 Å². The third-order valence-corrected chi connectivity index (χ3v) is 4.75. The summed E-state index contributed by atoms with van der Waals surface area (Å²) in [4.78, 5) is 4.53. The minimum atomic E-state index is 0.789. The number of fused-ring (bicyclic) bond motifs is 1. The lowest BCUT2D eigenvalue weighted by Gasteiger charge is -2.28. The minimum Gasteiger partial charge on any atom is -0.373 e. The van der Waals surface area contributed by atoms with Crippen LogP contribution in [-0.2, 0) is 0 Å². The van der Waals surface area contributed by atoms with Crippen molar-refractivity contribution < 1.29 is 0 Å². The van der Waals surface area contributed by atoms with Crippen molar-refractivity contribution in [2.24, 2.45) is 0 Å². The summed E-state index contributed by atoms with van der Waals surface area (Å²) in [5.74, 6) is 0. The van der Waals surface area contributed by atoms with Crippen LogP contribution < -0.4 is 4.59 Å². The van der Waals surface area contributed by atoms with Crippen LogP contribution in [0.15, 0.2) is 36.7 Å². The Labute approximate surface area is 125 Å². The van der Waals surface area contributed by atoms with E-state index >= 15 is 0 Å². The van der Waals surface area contributed by atoms with Gasteiger partial charge in [-0.3, -0.25) is 0 Å². The lowest BCUT2D eigenvalue weighted by Crippen LogP contribution is -2.51. The normalized spacial score (nSPS) is 21.8. The minimum absolute atomic E-state index is 0.789. The van der Waals surface area contributed by atoms with Gasteiger partial charge in [0, 0.05) is 25.9 Å². The van der Waals surface area contributed by atoms with Crippen molar-refractivity contribution in [1.29, 1.82) is 0 Å². The van der Waals surface area contributed by atoms with E-state index in [2.05, 4.69) is 44.5 Å². The molecule has 21 heavy (non-hydrogen) atoms. The van der Waals surface area contributed by atoms with Crippen LogP contribution in [0, 0.1) is 0 Å². The Morgan fingerprint density at radius 1 is 1.00 bits per heavy atom. The first-order valence-electron chi connectivity index (χ1n) is 7.99. The van der Waals surface area contributed by atoms with Crippen molar-refractivity contribution in [2.75, 3.05) is 26.2 Å². The fraction of sp³-hybridized carbons (Fsp3) is 0.500. The highest BCUT2D eigenvalue weighted by Gasteiger charge is 2.35. The van der Waals surface area contributed by atoms with E-state index in [1.165, 1.54) is 38.8 Å². The number of quaternary nitrogens is 1. The van der Waals surface area contributed by atoms with Crippen LogP contribution in [0.2, 0.25) is 0 Å². The van der Waals surface area contributed by atoms with Gasteiger partial charge in [-0.2, -0.15) is 4.59 Å². The highest BCUT2D eigenvalue weighted by atomic mass is 15.8. The van der Waals surface area contributed by atoms with Crippen LogP contribution in [0.4, 0.5) is 0 Å². The lowest BCUT2D eigenvalue weighted by molar-refractivity contribution is 0.210. The molecular weight excluding hydrogens is 262 g/mol. The summed E-state index contributed by atoms with van der Waals surface area (Å²) in [5, 5.41) is 8.80. The van der Waals surface area contributed by atoms with Gasteiger partial charge >= 0.3 is 0 Å². The number of rotatable bonds is 3. The van der Waals surface area contributed by atoms with Gasteiger partial charge in [-0.05, 0) is 30.2 Å². The van der Waals surface area contributed by atoms with Gasteiger partial charge < -0.3 is 4.90 Å². The molecular formula is C16H22N5+. The molecule has 0 spiro atoms. The number of hydrogen-bond donors (Lipinski definition) is 0. The Balaban J connectivity index is 1.73. The summed E-state index contributed by atoms with van der Waals surface area (Å²) in [6.07, 6.45) is 9.75. The molecule has 1 aromatic carbocycles. The van der Waals surface area contributed by atoms with Crippen molar-refractivity contribution in [1.82, 2.24) is 24.6 Å². The van der Waals surface area contributed by atoms with Gasteiger partial charge in [0.25, 0.3) is 0 Å². The van der Waals surface area contributed by atoms with Crippen molar-refractivity contribution in [2.45, 2.75) is 25.7 Å². The summed E-state index contributed by atoms with van der Waals surface area (Å²) in [6.45, 7) is 4.60. The smallest absolute Gasteiger partial charge is 0.145 e. The van der Waals surface area contributed by atoms with Crippen LogP contribution in [-0.4, -0.2) is 46.2 Å². The number of nitrogens with zero attached hydrogens (tertiary/aromatic N) is 5. The van der Waals surface area contributed by atoms with E-state index in [9.17, 15) is 0 Å². The zero-order valence-corrected chi connectivity index (χ0v) is 12.4. The topological polar surface area (TPSA) is 34.0 Å². The molecule has 2 fully saturated rings. The molecule has 0 amide bonds. The van der Waals surface area contributed by atoms with Gasteiger partial charge in [0.05, 0.1) is 6.20 Å². The highest BCUT2D eigenvalue weighted by Crippen LogP contribution is 2.22. The van der Waals surface area contributed by atoms with E-state index in [1.54, 1.807) is 0 Å². The molecule has 5 nitrogen and oxygen atoms in total. The van der Waals surface area contributed by atoms with Gasteiger partial charge in [0.1, 0.15) is 30.3 Å². The number of benzene rings is 1. The van der Waals surface area contributed by atoms with E-state index < -0.39 is 0 Å². The maximum atomic E-state index is 4.46. The van der Waals surface area contributed by atoms with Crippen molar-refractivity contribution in [3.8, 4) is 0 Å². The molecule has 0 N–H and O–H groups in total. The molecule has 0 bridgehead atoms. The van der Waals surface area contributed by atoms with Crippen molar-refractivity contribution in [3.63, 3.8) is 0 Å². The van der Waals surface area contributed by atoms with E-state index in [1.807, 2.05) is 12.1 Å². The standard InChI is InChI=1S/C16H22N5/c1-2-8-16-15(7-1)17-18-20(16)21(12-5-6-13-21)14-11-19-9-3-4-10-19/h1-2,7-8,11,14H,3-6,9-10,12-13H2/q+1. The van der Waals surface area contributed by atoms with Crippen LogP contribution in [0.25, 0.3) is 11.0 Å². The summed E-state index contributed by atoms with van der Waals surface area (Å²) in [6, 6.07) is 8.25. The first-order valence-corrected chi connectivity index (χ1v) is 7.99. The second-order valence-corrected chi connectivity index (χ2v) is 6.15. The summed E-state index contributed by atoms with van der Waals surface area (Å²) < 4.78 is 0.789. The van der Waals surface area contributed by atoms with Crippen LogP contribution >= 0.6 is 0 Å². The van der Waals surface area contributed by atoms with Gasteiger partial charge in [-0.15, -0.1) is 5.10 Å². The summed E-state index contributed by atoms with van der Waals surface area (Å²) in [5.41, 5.74) is 2.11. The average molecular weight is 284 g/mol. The molecule has 110 valence electrons. The first kappa shape index (κ1) is 12.8. The molecule has 0 saturated carbocycles. The molecule has 5 heteroatoms. The largest absolute Gasteiger partial charge is 0.373 e. The van der Waals surface area contributed by atoms with Gasteiger partial charge in [0.15, 0.2) is 0 Å². The third kappa shape index (κ3) is 2.21. The second kappa shape index (κ2) is 5.15. The average Bonchev–Trinajstić information content (AvgIpc) is 3.25. The Hall–Kier alpha value is -1.88. The molecule has 0 atom stereocenters. The van der Waals surface area contributed by atoms with E-state index in [4.69, 9.17) is 0 Å². The maximum absolute atomic E-state index is 4.46. The molecule has 1 aromatic heterocycles. The molecule has 0 aliphatic carbocycles. The van der Waals surface area contributed by atoms with E-state index in [-0.39, 0.29) is 0 Å². The Kier molecular flexibility index (Phi) is 3.15. The quantitative estimate of drug-likeness (QED) is 0.811. The summed E-state index contributed by atoms with van der Waals surface area (Å²) >= 11 is 0. The van der Waals surface area contributed by atoms with Crippen LogP contribution in [0.1, 0.15) is 25.7 Å². The highest BCUT2D eigenvalue weighted by molar-refractivity contribution is 5.74. The van der Waals surface area contributed by atoms with Crippen LogP contribution in [0.3, 0.4) is 0 Å². The fourth-order valence-corrected chi connectivity index (χ4v) is 3.54. The lowest BCUT2D eigenvalue weighted by atomic mass is 10.3. The SMILES string of the molecule is C(=C[N+]1(n2nnc3ccccc32)CCCC1)N1CCCC1. The molecule has 2 saturated heterocycles. The Morgan fingerprint density at radius 3 is 2.57 bits per heavy atom. The number of hydrogen-bond acceptors (Lipinski definition) is 3. The van der Waals surface area contributed by atoms with Crippen molar-refractivity contribution >= 4 is 11.0 Å². The Bertz CT molecular complexity index is 647. The molecule has 0 radical (unpaired) electrons. The zero-order chi connectivity index (χ0) is 14.1. The second-order valence-electron chi connectivity index (χ2n) is 6.15. The van der Waals surface area contributed by atoms with Gasteiger partial charge in [-0.25, -0.2) is 0 Å². The number of aromatic nitrogens is 3. The third-order valence-electron chi connectivity index (χ3n) is 4.75. The first-order chi connectivity index (χ1) is 10.4. The molecule has 3 heterocycles. The van der Waals surface area contributed by atoms with Gasteiger partial charge in [0.2, 0.25) is 0 Å². The van der Waals surface area contributed by atoms with Crippen molar-refractivity contribution in [3.05, 3.63) is 36.7 Å². The zero-order valence-electron chi connectivity index (χ0n) is 12.4. The molecule has 4 rings (SSSR count). The summed E-state index contributed by atoms with van der Waals surface area (Å²) in [7, 11) is 0. The molecule has 2 aromatic rings. The molecule has 2 aliphatic rings. The number of para-hydroxylation sites is 1. The Morgan fingerprint density at radius 2 is 1.76 bits per heavy atom. The van der Waals surface area contributed by atoms with Crippen LogP contribution in [0.5, 0.6) is 0 Å². The predicted octanol–water partition coefficient (Wildman–Crippen LogP) is 2.23. The number of likely N-dealkylation sites (tertiary alicyclic amines) is 2. The van der Waals surface area contributed by atoms with E-state index in [0.29, 0.717) is 0 Å². The maximum Gasteiger partial charge on any atom is 0.145 e. The predicted molar refractivity (Wildman–Crippen MR) is 84.0 cm³/mol.